The molecule has 0 amide bonds. The molecule has 4 nitrogen and oxygen atoms in total. The summed E-state index contributed by atoms with van der Waals surface area (Å²) < 4.78 is 2.18. The third-order valence-electron chi connectivity index (χ3n) is 4.04. The average Bonchev–Trinajstić information content (AvgIpc) is 2.91. The third-order valence-corrected chi connectivity index (χ3v) is 4.04. The van der Waals surface area contributed by atoms with Gasteiger partial charge in [-0.3, -0.25) is 0 Å². The topological polar surface area (TPSA) is 46.6 Å². The van der Waals surface area contributed by atoms with E-state index < -0.39 is 0 Å². The number of rotatable bonds is 3. The Morgan fingerprint density at radius 2 is 2.21 bits per heavy atom. The second-order valence-electron chi connectivity index (χ2n) is 5.69. The molecule has 0 bridgehead atoms. The molecule has 2 aromatic heterocycles. The van der Waals surface area contributed by atoms with Crippen LogP contribution in [0.25, 0.3) is 5.65 Å². The second kappa shape index (κ2) is 4.85. The van der Waals surface area contributed by atoms with Gasteiger partial charge in [0.25, 0.3) is 0 Å². The fourth-order valence-corrected chi connectivity index (χ4v) is 3.23. The van der Waals surface area contributed by atoms with Gasteiger partial charge >= 0.3 is 0 Å². The van der Waals surface area contributed by atoms with Crippen molar-refractivity contribution >= 4 is 11.5 Å². The molecule has 3 rings (SSSR count). The fourth-order valence-electron chi connectivity index (χ4n) is 3.23. The van der Waals surface area contributed by atoms with Gasteiger partial charge < -0.3 is 15.0 Å². The first-order valence-corrected chi connectivity index (χ1v) is 7.13. The highest BCUT2D eigenvalue weighted by molar-refractivity contribution is 5.57. The maximum absolute atomic E-state index is 5.78. The summed E-state index contributed by atoms with van der Waals surface area (Å²) in [6.07, 6.45) is 4.20. The van der Waals surface area contributed by atoms with Crippen LogP contribution in [0, 0.1) is 5.92 Å². The molecule has 1 saturated heterocycles. The summed E-state index contributed by atoms with van der Waals surface area (Å²) in [7, 11) is 0. The Hall–Kier alpha value is -1.55. The minimum Gasteiger partial charge on any atom is -0.352 e. The van der Waals surface area contributed by atoms with Crippen molar-refractivity contribution in [3.63, 3.8) is 0 Å². The summed E-state index contributed by atoms with van der Waals surface area (Å²) in [5.41, 5.74) is 8.05. The fraction of sp³-hybridized carbons (Fsp3) is 0.533. The molecule has 0 spiro atoms. The third kappa shape index (κ3) is 2.10. The lowest BCUT2D eigenvalue weighted by Crippen LogP contribution is -2.28. The maximum Gasteiger partial charge on any atom is 0.151 e. The highest BCUT2D eigenvalue weighted by atomic mass is 15.3. The molecule has 19 heavy (non-hydrogen) atoms. The van der Waals surface area contributed by atoms with E-state index in [4.69, 9.17) is 10.7 Å². The molecule has 2 unspecified atom stereocenters. The standard InChI is InChI=1S/C15H22N4/c1-11-9-12(2)19(10-11)15-13(6-7-16)18-8-4-3-5-14(18)17-15/h3-5,8,11-12H,6-7,9-10,16H2,1-2H3. The normalized spacial score (nSPS) is 23.4. The van der Waals surface area contributed by atoms with Gasteiger partial charge in [-0.1, -0.05) is 13.0 Å². The van der Waals surface area contributed by atoms with Gasteiger partial charge in [0.05, 0.1) is 5.69 Å². The van der Waals surface area contributed by atoms with Crippen molar-refractivity contribution in [1.29, 1.82) is 0 Å². The molecular weight excluding hydrogens is 236 g/mol. The highest BCUT2D eigenvalue weighted by Crippen LogP contribution is 2.31. The molecule has 1 fully saturated rings. The monoisotopic (exact) mass is 258 g/mol. The van der Waals surface area contributed by atoms with Gasteiger partial charge in [-0.15, -0.1) is 0 Å². The molecule has 2 atom stereocenters. The van der Waals surface area contributed by atoms with Gasteiger partial charge in [0.1, 0.15) is 5.65 Å². The molecule has 4 heteroatoms. The van der Waals surface area contributed by atoms with Crippen LogP contribution in [0.1, 0.15) is 26.0 Å². The molecule has 1 aliphatic rings. The largest absolute Gasteiger partial charge is 0.352 e. The van der Waals surface area contributed by atoms with E-state index in [1.54, 1.807) is 0 Å². The van der Waals surface area contributed by atoms with Crippen LogP contribution in [0.2, 0.25) is 0 Å². The Bertz CT molecular complexity index is 575. The molecule has 102 valence electrons. The molecular formula is C15H22N4. The molecule has 3 heterocycles. The lowest BCUT2D eigenvalue weighted by atomic mass is 10.1. The van der Waals surface area contributed by atoms with Crippen molar-refractivity contribution in [2.75, 3.05) is 18.0 Å². The summed E-state index contributed by atoms with van der Waals surface area (Å²) in [5.74, 6) is 1.87. The minimum absolute atomic E-state index is 0.566. The quantitative estimate of drug-likeness (QED) is 0.916. The van der Waals surface area contributed by atoms with Crippen molar-refractivity contribution in [1.82, 2.24) is 9.38 Å². The number of nitrogens with zero attached hydrogens (tertiary/aromatic N) is 3. The number of nitrogens with two attached hydrogens (primary N) is 1. The number of aromatic nitrogens is 2. The average molecular weight is 258 g/mol. The van der Waals surface area contributed by atoms with Gasteiger partial charge in [-0.2, -0.15) is 0 Å². The smallest absolute Gasteiger partial charge is 0.151 e. The zero-order valence-electron chi connectivity index (χ0n) is 11.7. The predicted octanol–water partition coefficient (Wildman–Crippen LogP) is 2.07. The maximum atomic E-state index is 5.78. The molecule has 1 aliphatic heterocycles. The van der Waals surface area contributed by atoms with E-state index in [2.05, 4.69) is 41.5 Å². The van der Waals surface area contributed by atoms with Crippen molar-refractivity contribution in [2.24, 2.45) is 11.7 Å². The van der Waals surface area contributed by atoms with Gasteiger partial charge in [-0.05, 0) is 37.9 Å². The van der Waals surface area contributed by atoms with Crippen LogP contribution >= 0.6 is 0 Å². The first-order chi connectivity index (χ1) is 9.20. The molecule has 0 radical (unpaired) electrons. The van der Waals surface area contributed by atoms with Crippen LogP contribution in [0.3, 0.4) is 0 Å². The first kappa shape index (κ1) is 12.5. The Balaban J connectivity index is 2.09. The zero-order chi connectivity index (χ0) is 13.4. The number of imidazole rings is 1. The number of hydrogen-bond donors (Lipinski definition) is 1. The summed E-state index contributed by atoms with van der Waals surface area (Å²) in [4.78, 5) is 7.28. The summed E-state index contributed by atoms with van der Waals surface area (Å²) in [6.45, 7) is 6.37. The van der Waals surface area contributed by atoms with Crippen LogP contribution < -0.4 is 10.6 Å². The van der Waals surface area contributed by atoms with Crippen molar-refractivity contribution < 1.29 is 0 Å². The lowest BCUT2D eigenvalue weighted by Gasteiger charge is -2.22. The van der Waals surface area contributed by atoms with E-state index in [0.717, 1.165) is 30.3 Å². The molecule has 0 saturated carbocycles. The number of pyridine rings is 1. The van der Waals surface area contributed by atoms with Crippen molar-refractivity contribution in [3.05, 3.63) is 30.1 Å². The van der Waals surface area contributed by atoms with Crippen molar-refractivity contribution in [2.45, 2.75) is 32.7 Å². The van der Waals surface area contributed by atoms with Crippen LogP contribution in [0.5, 0.6) is 0 Å². The van der Waals surface area contributed by atoms with Crippen molar-refractivity contribution in [3.8, 4) is 0 Å². The summed E-state index contributed by atoms with van der Waals surface area (Å²) in [6, 6.07) is 6.72. The first-order valence-electron chi connectivity index (χ1n) is 7.13. The number of anilines is 1. The Kier molecular flexibility index (Phi) is 3.19. The zero-order valence-corrected chi connectivity index (χ0v) is 11.7. The Morgan fingerprint density at radius 3 is 2.89 bits per heavy atom. The van der Waals surface area contributed by atoms with Crippen LogP contribution in [-0.2, 0) is 6.42 Å². The summed E-state index contributed by atoms with van der Waals surface area (Å²) >= 11 is 0. The number of hydrogen-bond acceptors (Lipinski definition) is 3. The number of fused-ring (bicyclic) bond motifs is 1. The van der Waals surface area contributed by atoms with E-state index in [1.165, 1.54) is 12.1 Å². The Labute approximate surface area is 114 Å². The van der Waals surface area contributed by atoms with Gasteiger partial charge in [0.15, 0.2) is 5.82 Å². The van der Waals surface area contributed by atoms with E-state index in [9.17, 15) is 0 Å². The molecule has 2 aromatic rings. The molecule has 0 aromatic carbocycles. The van der Waals surface area contributed by atoms with Crippen LogP contribution in [0.4, 0.5) is 5.82 Å². The lowest BCUT2D eigenvalue weighted by molar-refractivity contribution is 0.625. The van der Waals surface area contributed by atoms with Crippen LogP contribution in [0.15, 0.2) is 24.4 Å². The summed E-state index contributed by atoms with van der Waals surface area (Å²) in [5, 5.41) is 0. The van der Waals surface area contributed by atoms with Gasteiger partial charge in [0.2, 0.25) is 0 Å². The Morgan fingerprint density at radius 1 is 1.37 bits per heavy atom. The van der Waals surface area contributed by atoms with Gasteiger partial charge in [-0.25, -0.2) is 4.98 Å². The van der Waals surface area contributed by atoms with E-state index >= 15 is 0 Å². The SMILES string of the molecule is CC1CC(C)N(c2nc3ccccn3c2CCN)C1. The van der Waals surface area contributed by atoms with Crippen LogP contribution in [-0.4, -0.2) is 28.5 Å². The predicted molar refractivity (Wildman–Crippen MR) is 78.5 cm³/mol. The second-order valence-corrected chi connectivity index (χ2v) is 5.69. The van der Waals surface area contributed by atoms with E-state index in [1.807, 2.05) is 6.07 Å². The molecule has 0 aliphatic carbocycles. The minimum atomic E-state index is 0.566. The van der Waals surface area contributed by atoms with E-state index in [-0.39, 0.29) is 0 Å². The highest BCUT2D eigenvalue weighted by Gasteiger charge is 2.29. The van der Waals surface area contributed by atoms with Gasteiger partial charge in [0, 0.05) is 25.2 Å². The molecule has 2 N–H and O–H groups in total. The van der Waals surface area contributed by atoms with E-state index in [0.29, 0.717) is 12.6 Å².